The Morgan fingerprint density at radius 3 is 1.84 bits per heavy atom. The van der Waals surface area contributed by atoms with Crippen molar-refractivity contribution in [2.45, 2.75) is 202 Å². The normalized spacial score (nSPS) is 25.5. The maximum Gasteiger partial charge on any atom is 0.237 e. The van der Waals surface area contributed by atoms with E-state index < -0.39 is 130 Å². The molecule has 0 bridgehead atoms. The highest BCUT2D eigenvalue weighted by Crippen LogP contribution is 2.30. The third kappa shape index (κ3) is 27.2. The lowest BCUT2D eigenvalue weighted by molar-refractivity contribution is -0.128. The van der Waals surface area contributed by atoms with Gasteiger partial charge in [0.25, 0.3) is 0 Å². The van der Waals surface area contributed by atoms with E-state index in [1.165, 1.54) is 0 Å². The van der Waals surface area contributed by atoms with E-state index in [1.54, 1.807) is 0 Å². The van der Waals surface area contributed by atoms with Crippen LogP contribution in [-0.4, -0.2) is 361 Å². The zero-order valence-electron chi connectivity index (χ0n) is 57.4. The molecule has 2 aliphatic carbocycles. The predicted octanol–water partition coefficient (Wildman–Crippen LogP) is -7.02. The summed E-state index contributed by atoms with van der Waals surface area (Å²) in [7, 11) is 1.92. The highest BCUT2D eigenvalue weighted by molar-refractivity contribution is 5.82. The standard InChI is InChI=1S/C65H122N14O17/c1-6-44-65(96)79(37-43-34-42(18-19-45(43)69-44)64(95)74(5)38-54-70-46-16-12-13-17-47(46)71-54)25-15-11-10-14-24-66-62(93)48(20-22-55(86)67-35-50(82)58(89)60(91)52(84)40-80)73-63(94)49(21-23-56(87)68-36-51(83)59(90)61(92)53(85)41-81)72-57(88)39-78-32-30-76(8-3)28-26-75(7-2)27-29-77(9-4)31-33-78/h12-13,16,19,34,42,44,47-55,58-61,63-65,67,69-71,73,80-86,89-92,94-96H,6-11,14-15,17-18,20-33,35-41H2,1-5H3,(H,66,93)(H,68,87)(H,72,88)/t42?,44?,47?,48-,49-,50+,51-,52-,53+,54+,55+,58+,59-,60-,61+,63+,64+,65+/m0/s1. The molecule has 554 valence electrons. The maximum atomic E-state index is 14.3. The first-order valence-corrected chi connectivity index (χ1v) is 35.1. The topological polar surface area (TPSA) is 450 Å². The van der Waals surface area contributed by atoms with Crippen molar-refractivity contribution in [2.24, 2.45) is 5.92 Å². The van der Waals surface area contributed by atoms with Crippen molar-refractivity contribution >= 4 is 17.7 Å². The summed E-state index contributed by atoms with van der Waals surface area (Å²) in [4.78, 5) is 55.1. The summed E-state index contributed by atoms with van der Waals surface area (Å²) >= 11 is 0. The molecule has 3 saturated heterocycles. The summed E-state index contributed by atoms with van der Waals surface area (Å²) in [6.45, 7) is 15.7. The van der Waals surface area contributed by atoms with Gasteiger partial charge in [-0.15, -0.1) is 0 Å². The summed E-state index contributed by atoms with van der Waals surface area (Å²) in [5.41, 5.74) is 3.13. The van der Waals surface area contributed by atoms with Crippen molar-refractivity contribution in [3.63, 3.8) is 0 Å². The van der Waals surface area contributed by atoms with Gasteiger partial charge < -0.3 is 113 Å². The lowest BCUT2D eigenvalue weighted by Gasteiger charge is -2.34. The van der Waals surface area contributed by atoms with Crippen molar-refractivity contribution in [3.8, 4) is 0 Å². The molecule has 0 aromatic carbocycles. The van der Waals surface area contributed by atoms with Crippen LogP contribution >= 0.6 is 0 Å². The molecule has 3 amide bonds. The van der Waals surface area contributed by atoms with Gasteiger partial charge in [0.1, 0.15) is 61.5 Å². The molecular weight excluding hydrogens is 1250 g/mol. The third-order valence-electron chi connectivity index (χ3n) is 19.3. The molecule has 0 aromatic rings. The molecule has 18 atom stereocenters. The Morgan fingerprint density at radius 2 is 1.26 bits per heavy atom. The molecule has 5 aliphatic rings. The lowest BCUT2D eigenvalue weighted by atomic mass is 9.91. The molecule has 5 rings (SSSR count). The van der Waals surface area contributed by atoms with Crippen molar-refractivity contribution in [2.75, 3.05) is 138 Å². The summed E-state index contributed by atoms with van der Waals surface area (Å²) in [5.74, 6) is -1.95. The third-order valence-corrected chi connectivity index (χ3v) is 19.3. The quantitative estimate of drug-likeness (QED) is 0.0200. The molecule has 0 aromatic heterocycles. The molecule has 31 nitrogen and oxygen atoms in total. The van der Waals surface area contributed by atoms with Gasteiger partial charge in [-0.05, 0) is 89.7 Å². The van der Waals surface area contributed by atoms with E-state index in [4.69, 9.17) is 0 Å². The summed E-state index contributed by atoms with van der Waals surface area (Å²) in [6, 6.07) is -2.50. The molecule has 22 N–H and O–H groups in total. The van der Waals surface area contributed by atoms with Crippen molar-refractivity contribution in [1.82, 2.24) is 71.9 Å². The van der Waals surface area contributed by atoms with Gasteiger partial charge in [0, 0.05) is 115 Å². The van der Waals surface area contributed by atoms with Gasteiger partial charge >= 0.3 is 0 Å². The Kier molecular flexibility index (Phi) is 37.6. The molecule has 3 unspecified atom stereocenters. The highest BCUT2D eigenvalue weighted by atomic mass is 16.4. The maximum absolute atomic E-state index is 14.3. The van der Waals surface area contributed by atoms with Crippen LogP contribution in [-0.2, 0) is 14.4 Å². The van der Waals surface area contributed by atoms with E-state index in [9.17, 15) is 85.9 Å². The monoisotopic (exact) mass is 1370 g/mol. The summed E-state index contributed by atoms with van der Waals surface area (Å²) < 4.78 is 0. The predicted molar refractivity (Wildman–Crippen MR) is 360 cm³/mol. The first-order valence-electron chi connectivity index (χ1n) is 35.1. The smallest absolute Gasteiger partial charge is 0.237 e. The molecule has 96 heavy (non-hydrogen) atoms. The molecule has 31 heteroatoms. The summed E-state index contributed by atoms with van der Waals surface area (Å²) in [5, 5.41) is 171. The van der Waals surface area contributed by atoms with E-state index >= 15 is 0 Å². The number of nitrogens with one attached hydrogen (secondary N) is 8. The van der Waals surface area contributed by atoms with Crippen LogP contribution in [0, 0.1) is 5.92 Å². The number of carbonyl (C=O) groups excluding carboxylic acids is 3. The molecular formula is C65H122N14O17. The Bertz CT molecular complexity index is 2370. The van der Waals surface area contributed by atoms with Gasteiger partial charge in [-0.25, -0.2) is 0 Å². The van der Waals surface area contributed by atoms with Crippen LogP contribution in [0.15, 0.2) is 47.3 Å². The van der Waals surface area contributed by atoms with E-state index in [0.29, 0.717) is 71.5 Å². The molecule has 0 spiro atoms. The average molecular weight is 1370 g/mol. The number of aliphatic hydroxyl groups excluding tert-OH is 14. The zero-order chi connectivity index (χ0) is 70.4. The molecule has 3 fully saturated rings. The fourth-order valence-electron chi connectivity index (χ4n) is 12.7. The highest BCUT2D eigenvalue weighted by Gasteiger charge is 2.37. The van der Waals surface area contributed by atoms with Gasteiger partial charge in [-0.1, -0.05) is 64.8 Å². The number of allylic oxidation sites excluding steroid dienone is 3. The van der Waals surface area contributed by atoms with Gasteiger partial charge in [0.15, 0.2) is 0 Å². The molecule has 3 aliphatic heterocycles. The van der Waals surface area contributed by atoms with Crippen molar-refractivity contribution < 1.29 is 85.9 Å². The lowest BCUT2D eigenvalue weighted by Crippen LogP contribution is -2.58. The Hall–Kier alpha value is -3.95. The van der Waals surface area contributed by atoms with Crippen LogP contribution in [0.3, 0.4) is 0 Å². The number of hydrogen-bond acceptors (Lipinski definition) is 28. The van der Waals surface area contributed by atoms with Gasteiger partial charge in [0.2, 0.25) is 17.7 Å². The minimum atomic E-state index is -1.95. The fourth-order valence-corrected chi connectivity index (χ4v) is 12.7. The van der Waals surface area contributed by atoms with Crippen LogP contribution < -0.4 is 42.5 Å². The minimum absolute atomic E-state index is 0.00432. The van der Waals surface area contributed by atoms with E-state index in [2.05, 4.69) is 113 Å². The van der Waals surface area contributed by atoms with E-state index in [0.717, 1.165) is 82.0 Å². The average Bonchev–Trinajstić information content (AvgIpc) is 1.64. The van der Waals surface area contributed by atoms with E-state index in [1.807, 2.05) is 23.8 Å². The van der Waals surface area contributed by atoms with Gasteiger partial charge in [-0.3, -0.25) is 45.0 Å². The number of carbonyl (C=O) groups is 3. The molecule has 0 saturated carbocycles. The largest absolute Gasteiger partial charge is 0.394 e. The van der Waals surface area contributed by atoms with Gasteiger partial charge in [0.05, 0.1) is 62.3 Å². The molecule has 0 radical (unpaired) electrons. The first kappa shape index (κ1) is 82.7. The Labute approximate surface area is 567 Å². The number of aliphatic hydroxyl groups is 14. The van der Waals surface area contributed by atoms with Crippen LogP contribution in [0.4, 0.5) is 0 Å². The van der Waals surface area contributed by atoms with Gasteiger partial charge in [-0.2, -0.15) is 0 Å². The zero-order valence-corrected chi connectivity index (χ0v) is 57.4. The van der Waals surface area contributed by atoms with E-state index in [-0.39, 0.29) is 62.9 Å². The van der Waals surface area contributed by atoms with Crippen molar-refractivity contribution in [1.29, 1.82) is 0 Å². The number of unbranched alkanes of at least 4 members (excludes halogenated alkanes) is 3. The number of fused-ring (bicyclic) bond motifs is 2. The van der Waals surface area contributed by atoms with Crippen LogP contribution in [0.2, 0.25) is 0 Å². The minimum Gasteiger partial charge on any atom is -0.394 e. The second-order valence-electron chi connectivity index (χ2n) is 26.4. The molecule has 3 heterocycles. The second-order valence-corrected chi connectivity index (χ2v) is 26.4. The fraction of sp³-hybridized carbons (Fsp3) is 0.831. The number of rotatable bonds is 41. The van der Waals surface area contributed by atoms with Crippen LogP contribution in [0.25, 0.3) is 0 Å². The van der Waals surface area contributed by atoms with Crippen LogP contribution in [0.5, 0.6) is 0 Å². The number of nitrogens with zero attached hydrogens (tertiary/aromatic N) is 6. The number of amides is 3. The van der Waals surface area contributed by atoms with Crippen LogP contribution in [0.1, 0.15) is 98.3 Å². The van der Waals surface area contributed by atoms with Crippen molar-refractivity contribution in [3.05, 3.63) is 47.3 Å². The first-order chi connectivity index (χ1) is 45.9. The Balaban J connectivity index is 1.25. The number of likely N-dealkylation sites (N-methyl/N-ethyl adjacent to an activating group) is 4. The second kappa shape index (κ2) is 43.7. The SMILES string of the molecule is CCC1NC2=CCC([C@@H](O)N(C)C[C@@H]3NC4=CC=CCC4N3)C=C2CN(CCCCCCNC(=O)[C@H](CC[C@@H](O)NC[C@@H](O)[C@@H](O)[C@@H](O)[C@@H](O)CO)N[C@H](O)[C@H](CCC(=O)NC[C@H](O)[C@H](O)[C@H](O)[C@H](O)CO)NC(=O)CN2CCN(CC)CCN(CC)CCN(CC)CC2)[C@@H]1O. The summed E-state index contributed by atoms with van der Waals surface area (Å²) in [6.07, 6.45) is -4.96. The number of hydrogen-bond donors (Lipinski definition) is 22. The Morgan fingerprint density at radius 1 is 0.677 bits per heavy atom.